The summed E-state index contributed by atoms with van der Waals surface area (Å²) in [5.41, 5.74) is 0.130. The second-order valence-electron chi connectivity index (χ2n) is 5.06. The summed E-state index contributed by atoms with van der Waals surface area (Å²) in [6.07, 6.45) is 0.950. The SMILES string of the molecule is CC(=O)Nc1ccc(S(=O)(=O)NN=Cc2cc([N+](=O)[O-])ccc2O)cc1. The standard InChI is InChI=1S/C15H14N4O6S/c1-10(20)17-12-2-5-14(6-3-12)26(24,25)18-16-9-11-8-13(19(22)23)4-7-15(11)21/h2-9,18,21H,1H3,(H,17,20). The van der Waals surface area contributed by atoms with Crippen LogP contribution in [0.3, 0.4) is 0 Å². The van der Waals surface area contributed by atoms with Crippen LogP contribution in [0.4, 0.5) is 11.4 Å². The molecule has 2 aromatic carbocycles. The number of carbonyl (C=O) groups excluding carboxylic acids is 1. The van der Waals surface area contributed by atoms with Crippen molar-refractivity contribution < 1.29 is 23.2 Å². The molecule has 0 heterocycles. The summed E-state index contributed by atoms with van der Waals surface area (Å²) in [5.74, 6) is -0.585. The maximum Gasteiger partial charge on any atom is 0.276 e. The average molecular weight is 378 g/mol. The van der Waals surface area contributed by atoms with Crippen LogP contribution in [0.1, 0.15) is 12.5 Å². The molecule has 0 unspecified atom stereocenters. The van der Waals surface area contributed by atoms with Crippen LogP contribution in [0.5, 0.6) is 5.75 Å². The number of hydrazone groups is 1. The number of non-ortho nitro benzene ring substituents is 1. The van der Waals surface area contributed by atoms with E-state index in [1.807, 2.05) is 4.83 Å². The highest BCUT2D eigenvalue weighted by Crippen LogP contribution is 2.21. The molecule has 11 heteroatoms. The summed E-state index contributed by atoms with van der Waals surface area (Å²) in [6, 6.07) is 8.62. The quantitative estimate of drug-likeness (QED) is 0.394. The van der Waals surface area contributed by atoms with E-state index in [0.29, 0.717) is 5.69 Å². The molecule has 1 amide bonds. The number of nitrogens with zero attached hydrogens (tertiary/aromatic N) is 2. The second-order valence-corrected chi connectivity index (χ2v) is 6.72. The smallest absolute Gasteiger partial charge is 0.276 e. The van der Waals surface area contributed by atoms with Crippen LogP contribution in [0.2, 0.25) is 0 Å². The molecule has 0 spiro atoms. The van der Waals surface area contributed by atoms with Crippen molar-refractivity contribution in [3.05, 3.63) is 58.1 Å². The Kier molecular flexibility index (Phi) is 5.52. The van der Waals surface area contributed by atoms with Crippen molar-refractivity contribution in [1.82, 2.24) is 4.83 Å². The number of carbonyl (C=O) groups is 1. The monoisotopic (exact) mass is 378 g/mol. The van der Waals surface area contributed by atoms with Crippen molar-refractivity contribution in [2.45, 2.75) is 11.8 Å². The van der Waals surface area contributed by atoms with E-state index < -0.39 is 14.9 Å². The van der Waals surface area contributed by atoms with Crippen LogP contribution in [-0.2, 0) is 14.8 Å². The number of phenols is 1. The van der Waals surface area contributed by atoms with Gasteiger partial charge in [0, 0.05) is 30.3 Å². The van der Waals surface area contributed by atoms with Gasteiger partial charge in [0.25, 0.3) is 15.7 Å². The fourth-order valence-corrected chi connectivity index (χ4v) is 2.69. The van der Waals surface area contributed by atoms with Gasteiger partial charge in [0.05, 0.1) is 16.0 Å². The zero-order chi connectivity index (χ0) is 19.3. The summed E-state index contributed by atoms with van der Waals surface area (Å²) in [6.45, 7) is 1.32. The third-order valence-electron chi connectivity index (χ3n) is 3.08. The predicted molar refractivity (Wildman–Crippen MR) is 93.4 cm³/mol. The fourth-order valence-electron chi connectivity index (χ4n) is 1.90. The Balaban J connectivity index is 2.15. The molecule has 0 aromatic heterocycles. The molecule has 0 aliphatic carbocycles. The molecule has 2 rings (SSSR count). The van der Waals surface area contributed by atoms with Crippen molar-refractivity contribution in [2.24, 2.45) is 5.10 Å². The van der Waals surface area contributed by atoms with E-state index in [1.54, 1.807) is 0 Å². The second kappa shape index (κ2) is 7.61. The molecule has 0 saturated carbocycles. The molecule has 2 aromatic rings. The van der Waals surface area contributed by atoms with Crippen molar-refractivity contribution in [3.63, 3.8) is 0 Å². The zero-order valence-electron chi connectivity index (χ0n) is 13.4. The van der Waals surface area contributed by atoms with E-state index in [2.05, 4.69) is 10.4 Å². The molecule has 0 fully saturated rings. The molecule has 26 heavy (non-hydrogen) atoms. The Hall–Kier alpha value is -3.47. The van der Waals surface area contributed by atoms with Crippen LogP contribution in [0.25, 0.3) is 0 Å². The van der Waals surface area contributed by atoms with Crippen molar-refractivity contribution in [1.29, 1.82) is 0 Å². The first-order valence-corrected chi connectivity index (χ1v) is 8.57. The molecule has 10 nitrogen and oxygen atoms in total. The Bertz CT molecular complexity index is 970. The van der Waals surface area contributed by atoms with Gasteiger partial charge in [0.2, 0.25) is 5.91 Å². The van der Waals surface area contributed by atoms with E-state index in [-0.39, 0.29) is 27.8 Å². The highest BCUT2D eigenvalue weighted by Gasteiger charge is 2.13. The van der Waals surface area contributed by atoms with Crippen LogP contribution in [-0.4, -0.2) is 30.6 Å². The summed E-state index contributed by atoms with van der Waals surface area (Å²) < 4.78 is 24.3. The zero-order valence-corrected chi connectivity index (χ0v) is 14.2. The lowest BCUT2D eigenvalue weighted by molar-refractivity contribution is -0.384. The Morgan fingerprint density at radius 3 is 2.46 bits per heavy atom. The Morgan fingerprint density at radius 2 is 1.88 bits per heavy atom. The van der Waals surface area contributed by atoms with Crippen molar-refractivity contribution in [3.8, 4) is 5.75 Å². The van der Waals surface area contributed by atoms with Crippen LogP contribution in [0.15, 0.2) is 52.5 Å². The number of aromatic hydroxyl groups is 1. The summed E-state index contributed by atoms with van der Waals surface area (Å²) in [5, 5.41) is 26.4. The molecule has 0 aliphatic rings. The van der Waals surface area contributed by atoms with Crippen molar-refractivity contribution >= 4 is 33.5 Å². The number of sulfonamides is 1. The number of rotatable bonds is 6. The van der Waals surface area contributed by atoms with Gasteiger partial charge in [-0.25, -0.2) is 4.83 Å². The number of phenolic OH excluding ortho intramolecular Hbond substituents is 1. The molecule has 0 aliphatic heterocycles. The summed E-state index contributed by atoms with van der Waals surface area (Å²) in [7, 11) is -3.99. The van der Waals surface area contributed by atoms with Gasteiger partial charge < -0.3 is 10.4 Å². The first-order chi connectivity index (χ1) is 12.2. The molecule has 0 atom stereocenters. The van der Waals surface area contributed by atoms with Crippen LogP contribution in [0, 0.1) is 10.1 Å². The lowest BCUT2D eigenvalue weighted by atomic mass is 10.2. The normalized spacial score (nSPS) is 11.3. The third-order valence-corrected chi connectivity index (χ3v) is 4.32. The first-order valence-electron chi connectivity index (χ1n) is 7.09. The van der Waals surface area contributed by atoms with Gasteiger partial charge in [-0.3, -0.25) is 14.9 Å². The minimum atomic E-state index is -3.99. The van der Waals surface area contributed by atoms with Gasteiger partial charge in [-0.1, -0.05) is 0 Å². The lowest BCUT2D eigenvalue weighted by Crippen LogP contribution is -2.18. The van der Waals surface area contributed by atoms with Gasteiger partial charge in [0.15, 0.2) is 0 Å². The van der Waals surface area contributed by atoms with E-state index >= 15 is 0 Å². The largest absolute Gasteiger partial charge is 0.507 e. The predicted octanol–water partition coefficient (Wildman–Crippen LogP) is 1.57. The highest BCUT2D eigenvalue weighted by molar-refractivity contribution is 7.89. The maximum absolute atomic E-state index is 12.1. The summed E-state index contributed by atoms with van der Waals surface area (Å²) in [4.78, 5) is 22.8. The number of nitro groups is 1. The highest BCUT2D eigenvalue weighted by atomic mass is 32.2. The van der Waals surface area contributed by atoms with E-state index in [1.165, 1.54) is 31.2 Å². The number of amides is 1. The molecule has 3 N–H and O–H groups in total. The number of nitrogens with one attached hydrogen (secondary N) is 2. The van der Waals surface area contributed by atoms with Gasteiger partial charge >= 0.3 is 0 Å². The molecule has 136 valence electrons. The number of hydrogen-bond donors (Lipinski definition) is 3. The fraction of sp³-hybridized carbons (Fsp3) is 0.0667. The Morgan fingerprint density at radius 1 is 1.23 bits per heavy atom. The van der Waals surface area contributed by atoms with Gasteiger partial charge in [-0.15, -0.1) is 0 Å². The molecular weight excluding hydrogens is 364 g/mol. The molecular formula is C15H14N4O6S. The van der Waals surface area contributed by atoms with Gasteiger partial charge in [-0.2, -0.15) is 13.5 Å². The van der Waals surface area contributed by atoms with Gasteiger partial charge in [-0.05, 0) is 30.3 Å². The maximum atomic E-state index is 12.1. The number of benzene rings is 2. The third kappa shape index (κ3) is 4.77. The lowest BCUT2D eigenvalue weighted by Gasteiger charge is -2.05. The molecule has 0 saturated heterocycles. The van der Waals surface area contributed by atoms with Crippen LogP contribution < -0.4 is 10.1 Å². The summed E-state index contributed by atoms with van der Waals surface area (Å²) >= 11 is 0. The minimum Gasteiger partial charge on any atom is -0.507 e. The average Bonchev–Trinajstić information content (AvgIpc) is 2.56. The topological polar surface area (TPSA) is 151 Å². The number of nitro benzene ring substituents is 1. The first kappa shape index (κ1) is 18.9. The minimum absolute atomic E-state index is 0.0251. The number of anilines is 1. The number of hydrogen-bond acceptors (Lipinski definition) is 7. The molecule has 0 bridgehead atoms. The van der Waals surface area contributed by atoms with Gasteiger partial charge in [0.1, 0.15) is 5.75 Å². The van der Waals surface area contributed by atoms with E-state index in [4.69, 9.17) is 0 Å². The van der Waals surface area contributed by atoms with E-state index in [9.17, 15) is 28.4 Å². The van der Waals surface area contributed by atoms with Crippen molar-refractivity contribution in [2.75, 3.05) is 5.32 Å². The van der Waals surface area contributed by atoms with Crippen LogP contribution >= 0.6 is 0 Å². The Labute approximate surface area is 148 Å². The van der Waals surface area contributed by atoms with E-state index in [0.717, 1.165) is 24.4 Å². The molecule has 0 radical (unpaired) electrons.